The molecule has 1 aliphatic rings. The SMILES string of the molecule is CCCn1c(SC(C)C(=O)N2CCCC2)nc2cc(Cl)ccc21. The van der Waals surface area contributed by atoms with E-state index in [-0.39, 0.29) is 11.2 Å². The van der Waals surface area contributed by atoms with Crippen LogP contribution >= 0.6 is 23.4 Å². The summed E-state index contributed by atoms with van der Waals surface area (Å²) < 4.78 is 2.20. The average molecular weight is 352 g/mol. The van der Waals surface area contributed by atoms with Crippen molar-refractivity contribution in [2.45, 2.75) is 50.1 Å². The number of likely N-dealkylation sites (tertiary alicyclic amines) is 1. The van der Waals surface area contributed by atoms with Gasteiger partial charge in [0.2, 0.25) is 5.91 Å². The standard InChI is InChI=1S/C17H22ClN3OS/c1-3-8-21-15-7-6-13(18)11-14(15)19-17(21)23-12(2)16(22)20-9-4-5-10-20/h6-7,11-12H,3-5,8-10H2,1-2H3. The van der Waals surface area contributed by atoms with Gasteiger partial charge in [0.05, 0.1) is 16.3 Å². The summed E-state index contributed by atoms with van der Waals surface area (Å²) in [7, 11) is 0. The highest BCUT2D eigenvalue weighted by Crippen LogP contribution is 2.30. The van der Waals surface area contributed by atoms with Crippen molar-refractivity contribution in [3.05, 3.63) is 23.2 Å². The lowest BCUT2D eigenvalue weighted by atomic mass is 10.3. The van der Waals surface area contributed by atoms with Crippen LogP contribution in [0.15, 0.2) is 23.4 Å². The lowest BCUT2D eigenvalue weighted by Crippen LogP contribution is -2.34. The quantitative estimate of drug-likeness (QED) is 0.757. The molecule has 1 aliphatic heterocycles. The Labute approximate surface area is 146 Å². The predicted molar refractivity (Wildman–Crippen MR) is 96.2 cm³/mol. The first-order chi connectivity index (χ1) is 11.1. The molecule has 0 radical (unpaired) electrons. The molecule has 0 aliphatic carbocycles. The van der Waals surface area contributed by atoms with Gasteiger partial charge in [-0.1, -0.05) is 30.3 Å². The van der Waals surface area contributed by atoms with Crippen LogP contribution in [0.1, 0.15) is 33.1 Å². The molecule has 1 fully saturated rings. The highest BCUT2D eigenvalue weighted by atomic mass is 35.5. The molecule has 0 spiro atoms. The van der Waals surface area contributed by atoms with E-state index in [0.29, 0.717) is 5.02 Å². The predicted octanol–water partition coefficient (Wildman–Crippen LogP) is 4.20. The van der Waals surface area contributed by atoms with Crippen LogP contribution in [0.25, 0.3) is 11.0 Å². The van der Waals surface area contributed by atoms with Gasteiger partial charge in [-0.15, -0.1) is 0 Å². The van der Waals surface area contributed by atoms with E-state index < -0.39 is 0 Å². The first-order valence-electron chi connectivity index (χ1n) is 8.21. The molecule has 0 N–H and O–H groups in total. The molecule has 4 nitrogen and oxygen atoms in total. The molecule has 1 unspecified atom stereocenters. The smallest absolute Gasteiger partial charge is 0.235 e. The Hall–Kier alpha value is -1.20. The van der Waals surface area contributed by atoms with E-state index >= 15 is 0 Å². The molecule has 6 heteroatoms. The van der Waals surface area contributed by atoms with Gasteiger partial charge in [-0.3, -0.25) is 4.79 Å². The number of nitrogens with zero attached hydrogens (tertiary/aromatic N) is 3. The van der Waals surface area contributed by atoms with Crippen LogP contribution in [-0.4, -0.2) is 38.7 Å². The summed E-state index contributed by atoms with van der Waals surface area (Å²) >= 11 is 7.64. The minimum Gasteiger partial charge on any atom is -0.342 e. The van der Waals surface area contributed by atoms with E-state index in [1.807, 2.05) is 30.0 Å². The number of halogens is 1. The summed E-state index contributed by atoms with van der Waals surface area (Å²) in [4.78, 5) is 19.2. The van der Waals surface area contributed by atoms with Crippen molar-refractivity contribution < 1.29 is 4.79 Å². The summed E-state index contributed by atoms with van der Waals surface area (Å²) in [5.41, 5.74) is 1.98. The Bertz CT molecular complexity index is 709. The number of fused-ring (bicyclic) bond motifs is 1. The molecule has 1 aromatic carbocycles. The maximum absolute atomic E-state index is 12.5. The van der Waals surface area contributed by atoms with Gasteiger partial charge in [-0.2, -0.15) is 0 Å². The second-order valence-electron chi connectivity index (χ2n) is 5.97. The molecule has 3 rings (SSSR count). The maximum Gasteiger partial charge on any atom is 0.235 e. The normalized spacial score (nSPS) is 16.2. The number of carbonyl (C=O) groups is 1. The van der Waals surface area contributed by atoms with E-state index in [2.05, 4.69) is 11.5 Å². The zero-order valence-electron chi connectivity index (χ0n) is 13.6. The molecule has 23 heavy (non-hydrogen) atoms. The lowest BCUT2D eigenvalue weighted by Gasteiger charge is -2.20. The van der Waals surface area contributed by atoms with Gasteiger partial charge in [0, 0.05) is 24.7 Å². The van der Waals surface area contributed by atoms with Gasteiger partial charge >= 0.3 is 0 Å². The van der Waals surface area contributed by atoms with Crippen molar-refractivity contribution in [2.24, 2.45) is 0 Å². The fraction of sp³-hybridized carbons (Fsp3) is 0.529. The number of hydrogen-bond acceptors (Lipinski definition) is 3. The van der Waals surface area contributed by atoms with Crippen molar-refractivity contribution in [2.75, 3.05) is 13.1 Å². The van der Waals surface area contributed by atoms with E-state index in [0.717, 1.165) is 55.1 Å². The molecule has 1 atom stereocenters. The molecular weight excluding hydrogens is 330 g/mol. The molecule has 1 amide bonds. The van der Waals surface area contributed by atoms with Crippen LogP contribution < -0.4 is 0 Å². The van der Waals surface area contributed by atoms with Crippen molar-refractivity contribution in [1.82, 2.24) is 14.5 Å². The van der Waals surface area contributed by atoms with E-state index in [9.17, 15) is 4.79 Å². The number of hydrogen-bond donors (Lipinski definition) is 0. The Kier molecular flexibility index (Phi) is 5.17. The number of amides is 1. The number of imidazole rings is 1. The van der Waals surface area contributed by atoms with E-state index in [4.69, 9.17) is 16.6 Å². The monoisotopic (exact) mass is 351 g/mol. The zero-order valence-corrected chi connectivity index (χ0v) is 15.2. The number of thioether (sulfide) groups is 1. The number of aryl methyl sites for hydroxylation is 1. The largest absolute Gasteiger partial charge is 0.342 e. The third kappa shape index (κ3) is 3.50. The molecule has 0 bridgehead atoms. The Morgan fingerprint density at radius 1 is 1.39 bits per heavy atom. The van der Waals surface area contributed by atoms with Crippen LogP contribution in [0.4, 0.5) is 0 Å². The van der Waals surface area contributed by atoms with Crippen molar-refractivity contribution >= 4 is 40.3 Å². The lowest BCUT2D eigenvalue weighted by molar-refractivity contribution is -0.129. The van der Waals surface area contributed by atoms with Crippen LogP contribution in [-0.2, 0) is 11.3 Å². The Balaban J connectivity index is 1.86. The average Bonchev–Trinajstić information content (AvgIpc) is 3.15. The number of aromatic nitrogens is 2. The van der Waals surface area contributed by atoms with Crippen molar-refractivity contribution in [3.8, 4) is 0 Å². The van der Waals surface area contributed by atoms with Gasteiger partial charge in [-0.25, -0.2) is 4.98 Å². The highest BCUT2D eigenvalue weighted by Gasteiger charge is 2.25. The number of carbonyl (C=O) groups excluding carboxylic acids is 1. The minimum atomic E-state index is -0.115. The Morgan fingerprint density at radius 3 is 2.83 bits per heavy atom. The fourth-order valence-corrected chi connectivity index (χ4v) is 4.21. The van der Waals surface area contributed by atoms with Gasteiger partial charge < -0.3 is 9.47 Å². The summed E-state index contributed by atoms with van der Waals surface area (Å²) in [6.07, 6.45) is 3.27. The first-order valence-corrected chi connectivity index (χ1v) is 9.47. The van der Waals surface area contributed by atoms with E-state index in [1.165, 1.54) is 0 Å². The van der Waals surface area contributed by atoms with Gasteiger partial charge in [0.1, 0.15) is 0 Å². The second-order valence-corrected chi connectivity index (χ2v) is 7.72. The second kappa shape index (κ2) is 7.14. The number of rotatable bonds is 5. The molecule has 124 valence electrons. The van der Waals surface area contributed by atoms with Gasteiger partial charge in [0.25, 0.3) is 0 Å². The van der Waals surface area contributed by atoms with Crippen LogP contribution in [0.2, 0.25) is 5.02 Å². The molecule has 1 saturated heterocycles. The molecule has 2 heterocycles. The van der Waals surface area contributed by atoms with Crippen LogP contribution in [0, 0.1) is 0 Å². The molecule has 1 aromatic heterocycles. The van der Waals surface area contributed by atoms with Gasteiger partial charge in [0.15, 0.2) is 5.16 Å². The molecule has 0 saturated carbocycles. The van der Waals surface area contributed by atoms with Gasteiger partial charge in [-0.05, 0) is 44.4 Å². The topological polar surface area (TPSA) is 38.1 Å². The van der Waals surface area contributed by atoms with Crippen molar-refractivity contribution in [1.29, 1.82) is 0 Å². The summed E-state index contributed by atoms with van der Waals surface area (Å²) in [6.45, 7) is 6.81. The van der Waals surface area contributed by atoms with Crippen LogP contribution in [0.3, 0.4) is 0 Å². The number of benzene rings is 1. The first kappa shape index (κ1) is 16.7. The third-order valence-electron chi connectivity index (χ3n) is 4.17. The molecule has 2 aromatic rings. The summed E-state index contributed by atoms with van der Waals surface area (Å²) in [5.74, 6) is 0.223. The highest BCUT2D eigenvalue weighted by molar-refractivity contribution is 8.00. The van der Waals surface area contributed by atoms with E-state index in [1.54, 1.807) is 11.8 Å². The van der Waals surface area contributed by atoms with Crippen LogP contribution in [0.5, 0.6) is 0 Å². The summed E-state index contributed by atoms with van der Waals surface area (Å²) in [5, 5.41) is 1.48. The van der Waals surface area contributed by atoms with Crippen molar-refractivity contribution in [3.63, 3.8) is 0 Å². The summed E-state index contributed by atoms with van der Waals surface area (Å²) in [6, 6.07) is 5.79. The fourth-order valence-electron chi connectivity index (χ4n) is 3.01. The zero-order chi connectivity index (χ0) is 16.4. The maximum atomic E-state index is 12.5. The Morgan fingerprint density at radius 2 is 2.13 bits per heavy atom. The third-order valence-corrected chi connectivity index (χ3v) is 5.48. The molecular formula is C17H22ClN3OS. The minimum absolute atomic E-state index is 0.115.